The minimum absolute atomic E-state index is 0.598. The lowest BCUT2D eigenvalue weighted by atomic mass is 10.2. The van der Waals surface area contributed by atoms with E-state index in [1.807, 2.05) is 18.2 Å². The van der Waals surface area contributed by atoms with E-state index in [1.54, 1.807) is 6.07 Å². The molecule has 0 fully saturated rings. The quantitative estimate of drug-likeness (QED) is 0.774. The lowest BCUT2D eigenvalue weighted by Gasteiger charge is -2.07. The zero-order valence-electron chi connectivity index (χ0n) is 10.4. The van der Waals surface area contributed by atoms with E-state index < -0.39 is 10.8 Å². The average Bonchev–Trinajstić information content (AvgIpc) is 2.28. The van der Waals surface area contributed by atoms with E-state index in [0.717, 1.165) is 24.4 Å². The Morgan fingerprint density at radius 2 is 2.06 bits per heavy atom. The maximum Gasteiger partial charge on any atom is 0.0574 e. The molecule has 1 aromatic rings. The van der Waals surface area contributed by atoms with Crippen LogP contribution >= 0.6 is 11.6 Å². The van der Waals surface area contributed by atoms with E-state index in [9.17, 15) is 4.21 Å². The Bertz CT molecular complexity index is 368. The van der Waals surface area contributed by atoms with E-state index in [0.29, 0.717) is 16.7 Å². The van der Waals surface area contributed by atoms with Gasteiger partial charge in [0.05, 0.1) is 20.7 Å². The average molecular weight is 274 g/mol. The Kier molecular flexibility index (Phi) is 6.78. The van der Waals surface area contributed by atoms with Gasteiger partial charge in [0.1, 0.15) is 0 Å². The molecule has 0 radical (unpaired) electrons. The Balaban J connectivity index is 2.29. The summed E-state index contributed by atoms with van der Waals surface area (Å²) in [5.41, 5.74) is 0. The maximum atomic E-state index is 12.0. The molecule has 0 aromatic heterocycles. The van der Waals surface area contributed by atoms with Crippen molar-refractivity contribution in [3.63, 3.8) is 0 Å². The van der Waals surface area contributed by atoms with E-state index in [2.05, 4.69) is 19.2 Å². The molecule has 17 heavy (non-hydrogen) atoms. The summed E-state index contributed by atoms with van der Waals surface area (Å²) in [4.78, 5) is 0.748. The van der Waals surface area contributed by atoms with Gasteiger partial charge in [-0.3, -0.25) is 4.21 Å². The predicted molar refractivity (Wildman–Crippen MR) is 75.1 cm³/mol. The fraction of sp³-hybridized carbons (Fsp3) is 0.538. The lowest BCUT2D eigenvalue weighted by molar-refractivity contribution is 0.550. The molecular weight excluding hydrogens is 254 g/mol. The van der Waals surface area contributed by atoms with Crippen molar-refractivity contribution in [2.24, 2.45) is 5.92 Å². The first-order valence-corrected chi connectivity index (χ1v) is 7.64. The van der Waals surface area contributed by atoms with Crippen LogP contribution in [0, 0.1) is 5.92 Å². The van der Waals surface area contributed by atoms with Crippen molar-refractivity contribution in [3.05, 3.63) is 29.3 Å². The normalized spacial score (nSPS) is 12.9. The Morgan fingerprint density at radius 1 is 1.35 bits per heavy atom. The molecule has 0 bridgehead atoms. The molecule has 1 unspecified atom stereocenters. The molecule has 0 amide bonds. The van der Waals surface area contributed by atoms with Crippen LogP contribution in [0.15, 0.2) is 29.2 Å². The number of hydrogen-bond donors (Lipinski definition) is 1. The van der Waals surface area contributed by atoms with Gasteiger partial charge in [-0.05, 0) is 37.6 Å². The van der Waals surface area contributed by atoms with Crippen LogP contribution in [0.4, 0.5) is 0 Å². The fourth-order valence-electron chi connectivity index (χ4n) is 1.46. The van der Waals surface area contributed by atoms with Gasteiger partial charge in [0.25, 0.3) is 0 Å². The first-order chi connectivity index (χ1) is 8.11. The SMILES string of the molecule is CC(C)CNCCCS(=O)c1ccccc1Cl. The van der Waals surface area contributed by atoms with E-state index in [4.69, 9.17) is 11.6 Å². The summed E-state index contributed by atoms with van der Waals surface area (Å²) in [6.07, 6.45) is 0.907. The molecule has 1 N–H and O–H groups in total. The van der Waals surface area contributed by atoms with Crippen LogP contribution in [-0.2, 0) is 10.8 Å². The number of benzene rings is 1. The first-order valence-electron chi connectivity index (χ1n) is 5.95. The fourth-order valence-corrected chi connectivity index (χ4v) is 2.99. The molecule has 0 saturated heterocycles. The van der Waals surface area contributed by atoms with Crippen molar-refractivity contribution in [1.29, 1.82) is 0 Å². The molecule has 1 atom stereocenters. The molecule has 4 heteroatoms. The molecule has 96 valence electrons. The summed E-state index contributed by atoms with van der Waals surface area (Å²) in [6.45, 7) is 6.27. The minimum atomic E-state index is -0.981. The van der Waals surface area contributed by atoms with Gasteiger partial charge in [-0.2, -0.15) is 0 Å². The van der Waals surface area contributed by atoms with Crippen LogP contribution in [0.2, 0.25) is 5.02 Å². The van der Waals surface area contributed by atoms with Gasteiger partial charge in [-0.25, -0.2) is 0 Å². The van der Waals surface area contributed by atoms with Crippen LogP contribution in [0.1, 0.15) is 20.3 Å². The minimum Gasteiger partial charge on any atom is -0.316 e. The van der Waals surface area contributed by atoms with E-state index in [-0.39, 0.29) is 0 Å². The van der Waals surface area contributed by atoms with Crippen molar-refractivity contribution in [1.82, 2.24) is 5.32 Å². The predicted octanol–water partition coefficient (Wildman–Crippen LogP) is 3.08. The summed E-state index contributed by atoms with van der Waals surface area (Å²) in [7, 11) is -0.981. The third-order valence-electron chi connectivity index (χ3n) is 2.32. The lowest BCUT2D eigenvalue weighted by Crippen LogP contribution is -2.21. The second-order valence-corrected chi connectivity index (χ2v) is 6.38. The largest absolute Gasteiger partial charge is 0.316 e. The monoisotopic (exact) mass is 273 g/mol. The van der Waals surface area contributed by atoms with Gasteiger partial charge in [0.15, 0.2) is 0 Å². The van der Waals surface area contributed by atoms with Crippen molar-refractivity contribution >= 4 is 22.4 Å². The zero-order chi connectivity index (χ0) is 12.7. The van der Waals surface area contributed by atoms with Crippen molar-refractivity contribution in [2.45, 2.75) is 25.2 Å². The smallest absolute Gasteiger partial charge is 0.0574 e. The maximum absolute atomic E-state index is 12.0. The number of rotatable bonds is 7. The van der Waals surface area contributed by atoms with Crippen LogP contribution < -0.4 is 5.32 Å². The second-order valence-electron chi connectivity index (χ2n) is 4.43. The number of hydrogen-bond acceptors (Lipinski definition) is 2. The highest BCUT2D eigenvalue weighted by molar-refractivity contribution is 7.85. The van der Waals surface area contributed by atoms with Gasteiger partial charge in [0, 0.05) is 5.75 Å². The molecule has 2 nitrogen and oxygen atoms in total. The van der Waals surface area contributed by atoms with Crippen LogP contribution in [0.3, 0.4) is 0 Å². The molecule has 0 saturated carbocycles. The topological polar surface area (TPSA) is 29.1 Å². The Hall–Kier alpha value is -0.380. The number of halogens is 1. The van der Waals surface area contributed by atoms with Gasteiger partial charge < -0.3 is 5.32 Å². The Morgan fingerprint density at radius 3 is 2.71 bits per heavy atom. The van der Waals surface area contributed by atoms with Crippen LogP contribution in [0.25, 0.3) is 0 Å². The highest BCUT2D eigenvalue weighted by atomic mass is 35.5. The molecule has 0 spiro atoms. The summed E-state index contributed by atoms with van der Waals surface area (Å²) in [5, 5.41) is 3.94. The van der Waals surface area contributed by atoms with E-state index in [1.165, 1.54) is 0 Å². The molecule has 0 aliphatic rings. The summed E-state index contributed by atoms with van der Waals surface area (Å²) in [6, 6.07) is 7.34. The molecule has 1 aromatic carbocycles. The second kappa shape index (κ2) is 7.85. The van der Waals surface area contributed by atoms with Gasteiger partial charge in [-0.1, -0.05) is 37.6 Å². The zero-order valence-corrected chi connectivity index (χ0v) is 12.0. The van der Waals surface area contributed by atoms with Crippen molar-refractivity contribution in [2.75, 3.05) is 18.8 Å². The summed E-state index contributed by atoms with van der Waals surface area (Å²) in [5.74, 6) is 1.32. The van der Waals surface area contributed by atoms with Crippen LogP contribution in [0.5, 0.6) is 0 Å². The first kappa shape index (κ1) is 14.7. The van der Waals surface area contributed by atoms with E-state index >= 15 is 0 Å². The highest BCUT2D eigenvalue weighted by Crippen LogP contribution is 2.19. The van der Waals surface area contributed by atoms with Gasteiger partial charge in [0.2, 0.25) is 0 Å². The third kappa shape index (κ3) is 5.66. The summed E-state index contributed by atoms with van der Waals surface area (Å²) >= 11 is 5.99. The number of nitrogens with one attached hydrogen (secondary N) is 1. The molecule has 0 heterocycles. The van der Waals surface area contributed by atoms with Gasteiger partial charge in [-0.15, -0.1) is 0 Å². The Labute approximate surface area is 111 Å². The van der Waals surface area contributed by atoms with Crippen LogP contribution in [-0.4, -0.2) is 23.1 Å². The third-order valence-corrected chi connectivity index (χ3v) is 4.27. The van der Waals surface area contributed by atoms with Crippen molar-refractivity contribution < 1.29 is 4.21 Å². The molecule has 0 aliphatic carbocycles. The van der Waals surface area contributed by atoms with Crippen molar-refractivity contribution in [3.8, 4) is 0 Å². The standard InChI is InChI=1S/C13H20ClNOS/c1-11(2)10-15-8-5-9-17(16)13-7-4-3-6-12(13)14/h3-4,6-7,11,15H,5,8-10H2,1-2H3. The van der Waals surface area contributed by atoms with Gasteiger partial charge >= 0.3 is 0 Å². The summed E-state index contributed by atoms with van der Waals surface area (Å²) < 4.78 is 12.0. The molecule has 0 aliphatic heterocycles. The highest BCUT2D eigenvalue weighted by Gasteiger charge is 2.07. The molecular formula is C13H20ClNOS. The molecule has 1 rings (SSSR count).